The number of aromatic nitrogens is 1. The Bertz CT molecular complexity index is 1430. The molecule has 3 aliphatic rings. The quantitative estimate of drug-likeness (QED) is 0.478. The molecule has 0 bridgehead atoms. The fourth-order valence-electron chi connectivity index (χ4n) is 5.27. The van der Waals surface area contributed by atoms with Crippen LogP contribution in [0, 0.1) is 12.8 Å². The molecule has 8 nitrogen and oxygen atoms in total. The van der Waals surface area contributed by atoms with Gasteiger partial charge in [-0.15, -0.1) is 0 Å². The van der Waals surface area contributed by atoms with Gasteiger partial charge in [0.25, 0.3) is 0 Å². The predicted octanol–water partition coefficient (Wildman–Crippen LogP) is 2.87. The number of nitrogens with zero attached hydrogens (tertiary/aromatic N) is 3. The topological polar surface area (TPSA) is 88.9 Å². The molecule has 0 saturated carbocycles. The monoisotopic (exact) mass is 535 g/mol. The standard InChI is InChI=1S/C27H25N3O5S2/c1-16-7-9-18(10-8-16)30-24(32)21-20(17-5-3-2-4-6-17)23-26(36-22(21)25(30)33)29(27(34)37-23)15-19(31)28-11-13-35-14-12-28/h2-10,20-22H,11-15H2,1H3/t20-,21?,22?/m1/s1. The number of fused-ring (bicyclic) bond motifs is 2. The van der Waals surface area contributed by atoms with Crippen molar-refractivity contribution >= 4 is 46.5 Å². The zero-order chi connectivity index (χ0) is 25.7. The van der Waals surface area contributed by atoms with Crippen molar-refractivity contribution in [3.63, 3.8) is 0 Å². The Kier molecular flexibility index (Phi) is 6.26. The van der Waals surface area contributed by atoms with Crippen LogP contribution >= 0.6 is 23.1 Å². The van der Waals surface area contributed by atoms with E-state index >= 15 is 0 Å². The van der Waals surface area contributed by atoms with Gasteiger partial charge < -0.3 is 9.64 Å². The van der Waals surface area contributed by atoms with Crippen molar-refractivity contribution in [1.82, 2.24) is 9.47 Å². The third-order valence-corrected chi connectivity index (χ3v) is 9.76. The van der Waals surface area contributed by atoms with Crippen LogP contribution in [0.25, 0.3) is 0 Å². The normalized spacial score (nSPS) is 23.2. The van der Waals surface area contributed by atoms with Crippen LogP contribution in [-0.2, 0) is 25.7 Å². The summed E-state index contributed by atoms with van der Waals surface area (Å²) in [6.45, 7) is 3.78. The summed E-state index contributed by atoms with van der Waals surface area (Å²) in [5.74, 6) is -1.80. The molecule has 6 rings (SSSR count). The highest BCUT2D eigenvalue weighted by atomic mass is 32.2. The van der Waals surface area contributed by atoms with E-state index in [0.717, 1.165) is 27.3 Å². The van der Waals surface area contributed by atoms with Gasteiger partial charge in [0.15, 0.2) is 0 Å². The molecule has 0 spiro atoms. The number of hydrogen-bond donors (Lipinski definition) is 0. The van der Waals surface area contributed by atoms with E-state index in [1.807, 2.05) is 49.4 Å². The second-order valence-corrected chi connectivity index (χ2v) is 11.5. The summed E-state index contributed by atoms with van der Waals surface area (Å²) in [7, 11) is 0. The molecule has 3 aliphatic heterocycles. The van der Waals surface area contributed by atoms with E-state index in [1.165, 1.54) is 21.2 Å². The molecule has 37 heavy (non-hydrogen) atoms. The fraction of sp³-hybridized carbons (Fsp3) is 0.333. The number of amides is 3. The van der Waals surface area contributed by atoms with E-state index in [1.54, 1.807) is 17.0 Å². The van der Waals surface area contributed by atoms with Gasteiger partial charge in [0.1, 0.15) is 11.8 Å². The van der Waals surface area contributed by atoms with Gasteiger partial charge >= 0.3 is 4.87 Å². The molecule has 2 fully saturated rings. The van der Waals surface area contributed by atoms with Crippen molar-refractivity contribution in [3.05, 3.63) is 80.3 Å². The lowest BCUT2D eigenvalue weighted by Gasteiger charge is -2.31. The van der Waals surface area contributed by atoms with E-state index in [-0.39, 0.29) is 29.1 Å². The summed E-state index contributed by atoms with van der Waals surface area (Å²) in [6.07, 6.45) is 0. The first kappa shape index (κ1) is 24.1. The van der Waals surface area contributed by atoms with Gasteiger partial charge in [0.2, 0.25) is 17.7 Å². The van der Waals surface area contributed by atoms with E-state index in [9.17, 15) is 19.2 Å². The molecule has 2 saturated heterocycles. The number of anilines is 1. The molecule has 0 N–H and O–H groups in total. The number of hydrogen-bond acceptors (Lipinski definition) is 7. The fourth-order valence-corrected chi connectivity index (χ4v) is 8.04. The van der Waals surface area contributed by atoms with Crippen molar-refractivity contribution < 1.29 is 19.1 Å². The maximum Gasteiger partial charge on any atom is 0.308 e. The molecule has 10 heteroatoms. The van der Waals surface area contributed by atoms with Crippen LogP contribution in [0.5, 0.6) is 0 Å². The highest BCUT2D eigenvalue weighted by Gasteiger charge is 2.56. The smallest absolute Gasteiger partial charge is 0.308 e. The van der Waals surface area contributed by atoms with Crippen LogP contribution in [0.4, 0.5) is 5.69 Å². The molecule has 2 aromatic carbocycles. The maximum absolute atomic E-state index is 13.8. The van der Waals surface area contributed by atoms with Crippen LogP contribution in [0.15, 0.2) is 64.4 Å². The number of thiazole rings is 1. The lowest BCUT2D eigenvalue weighted by atomic mass is 9.83. The van der Waals surface area contributed by atoms with Crippen LogP contribution in [0.1, 0.15) is 21.9 Å². The maximum atomic E-state index is 13.8. The highest BCUT2D eigenvalue weighted by molar-refractivity contribution is 8.00. The van der Waals surface area contributed by atoms with Gasteiger partial charge in [-0.25, -0.2) is 4.90 Å². The van der Waals surface area contributed by atoms with Gasteiger partial charge in [0, 0.05) is 23.9 Å². The van der Waals surface area contributed by atoms with Gasteiger partial charge in [0.05, 0.1) is 29.8 Å². The average Bonchev–Trinajstić information content (AvgIpc) is 3.36. The molecule has 190 valence electrons. The first-order chi connectivity index (χ1) is 17.9. The molecule has 0 radical (unpaired) electrons. The number of benzene rings is 2. The number of ether oxygens (including phenoxy) is 1. The molecule has 4 heterocycles. The molecule has 3 atom stereocenters. The Morgan fingerprint density at radius 1 is 0.973 bits per heavy atom. The summed E-state index contributed by atoms with van der Waals surface area (Å²) in [5.41, 5.74) is 2.46. The number of morpholine rings is 1. The summed E-state index contributed by atoms with van der Waals surface area (Å²) in [6, 6.07) is 16.9. The van der Waals surface area contributed by atoms with E-state index in [2.05, 4.69) is 0 Å². The Labute approximate surface area is 221 Å². The number of aryl methyl sites for hydroxylation is 1. The minimum Gasteiger partial charge on any atom is -0.378 e. The number of carbonyl (C=O) groups excluding carboxylic acids is 3. The van der Waals surface area contributed by atoms with Gasteiger partial charge in [-0.1, -0.05) is 71.1 Å². The summed E-state index contributed by atoms with van der Waals surface area (Å²) in [5, 5.41) is -0.0798. The Morgan fingerprint density at radius 3 is 2.38 bits per heavy atom. The largest absolute Gasteiger partial charge is 0.378 e. The first-order valence-electron chi connectivity index (χ1n) is 12.2. The highest BCUT2D eigenvalue weighted by Crippen LogP contribution is 2.53. The number of rotatable bonds is 4. The zero-order valence-electron chi connectivity index (χ0n) is 20.2. The third-order valence-electron chi connectivity index (χ3n) is 7.16. The van der Waals surface area contributed by atoms with Gasteiger partial charge in [-0.3, -0.25) is 23.7 Å². The number of thioether (sulfide) groups is 1. The van der Waals surface area contributed by atoms with Gasteiger partial charge in [-0.2, -0.15) is 0 Å². The van der Waals surface area contributed by atoms with Gasteiger partial charge in [-0.05, 0) is 24.6 Å². The number of carbonyl (C=O) groups is 3. The minimum absolute atomic E-state index is 0.0968. The molecular formula is C27H25N3O5S2. The van der Waals surface area contributed by atoms with Crippen molar-refractivity contribution in [2.75, 3.05) is 31.2 Å². The lowest BCUT2D eigenvalue weighted by Crippen LogP contribution is -2.43. The van der Waals surface area contributed by atoms with Crippen molar-refractivity contribution in [3.8, 4) is 0 Å². The predicted molar refractivity (Wildman–Crippen MR) is 141 cm³/mol. The molecular weight excluding hydrogens is 510 g/mol. The molecule has 3 amide bonds. The second kappa shape index (κ2) is 9.59. The zero-order valence-corrected chi connectivity index (χ0v) is 21.8. The molecule has 0 aliphatic carbocycles. The molecule has 1 aromatic heterocycles. The van der Waals surface area contributed by atoms with E-state index in [4.69, 9.17) is 4.74 Å². The second-order valence-electron chi connectivity index (χ2n) is 9.42. The van der Waals surface area contributed by atoms with Crippen LogP contribution < -0.4 is 9.77 Å². The summed E-state index contributed by atoms with van der Waals surface area (Å²) in [4.78, 5) is 57.3. The van der Waals surface area contributed by atoms with Crippen LogP contribution in [-0.4, -0.2) is 58.7 Å². The summed E-state index contributed by atoms with van der Waals surface area (Å²) < 4.78 is 6.83. The lowest BCUT2D eigenvalue weighted by molar-refractivity contribution is -0.136. The van der Waals surface area contributed by atoms with Crippen molar-refractivity contribution in [1.29, 1.82) is 0 Å². The summed E-state index contributed by atoms with van der Waals surface area (Å²) >= 11 is 2.31. The molecule has 2 unspecified atom stereocenters. The van der Waals surface area contributed by atoms with Crippen LogP contribution in [0.3, 0.4) is 0 Å². The van der Waals surface area contributed by atoms with E-state index in [0.29, 0.717) is 37.0 Å². The van der Waals surface area contributed by atoms with Crippen molar-refractivity contribution in [2.45, 2.75) is 29.7 Å². The molecule has 3 aromatic rings. The van der Waals surface area contributed by atoms with Crippen molar-refractivity contribution in [2.24, 2.45) is 5.92 Å². The third kappa shape index (κ3) is 4.13. The average molecular weight is 536 g/mol. The minimum atomic E-state index is -0.690. The van der Waals surface area contributed by atoms with E-state index < -0.39 is 17.1 Å². The Hall–Kier alpha value is -3.21. The first-order valence-corrected chi connectivity index (χ1v) is 13.9. The van der Waals surface area contributed by atoms with Crippen LogP contribution in [0.2, 0.25) is 0 Å². The SMILES string of the molecule is Cc1ccc(N2C(=O)C3Sc4c(sc(=O)n4CC(=O)N4CCOCC4)[C@H](c4ccccc4)C3C2=O)cc1. The Balaban J connectivity index is 1.42. The Morgan fingerprint density at radius 2 is 1.68 bits per heavy atom. The number of imide groups is 1.